The average molecular weight is 370 g/mol. The topological polar surface area (TPSA) is 69.6 Å². The predicted octanol–water partition coefficient (Wildman–Crippen LogP) is 2.92. The van der Waals surface area contributed by atoms with Crippen LogP contribution in [-0.4, -0.2) is 34.2 Å². The van der Waals surface area contributed by atoms with Crippen LogP contribution in [0, 0.1) is 0 Å². The summed E-state index contributed by atoms with van der Waals surface area (Å²) in [5, 5.41) is 11.2. The zero-order valence-electron chi connectivity index (χ0n) is 14.8. The molecule has 0 amide bonds. The van der Waals surface area contributed by atoms with Crippen molar-refractivity contribution in [1.29, 1.82) is 0 Å². The van der Waals surface area contributed by atoms with E-state index in [-0.39, 0.29) is 11.5 Å². The Bertz CT molecular complexity index is 1000. The summed E-state index contributed by atoms with van der Waals surface area (Å²) >= 11 is 0. The quantitative estimate of drug-likeness (QED) is 0.700. The number of anilines is 1. The van der Waals surface area contributed by atoms with Gasteiger partial charge in [-0.05, 0) is 17.7 Å². The summed E-state index contributed by atoms with van der Waals surface area (Å²) in [4.78, 5) is 2.15. The van der Waals surface area contributed by atoms with Crippen LogP contribution in [0.4, 0.5) is 5.69 Å². The van der Waals surface area contributed by atoms with E-state index in [2.05, 4.69) is 4.72 Å². The maximum atomic E-state index is 13.0. The summed E-state index contributed by atoms with van der Waals surface area (Å²) in [7, 11) is 0.0267. The highest BCUT2D eigenvalue weighted by molar-refractivity contribution is 7.89. The SMILES string of the molecule is CN(C)c1cccc2c(S(=O)(=O)NC(CO)c3ccccc3)cccc12. The molecule has 3 aromatic carbocycles. The van der Waals surface area contributed by atoms with Gasteiger partial charge in [0, 0.05) is 30.6 Å². The highest BCUT2D eigenvalue weighted by atomic mass is 32.2. The van der Waals surface area contributed by atoms with E-state index < -0.39 is 16.1 Å². The fourth-order valence-electron chi connectivity index (χ4n) is 3.04. The second-order valence-electron chi connectivity index (χ2n) is 6.29. The third-order valence-corrected chi connectivity index (χ3v) is 5.84. The van der Waals surface area contributed by atoms with Gasteiger partial charge in [0.15, 0.2) is 0 Å². The van der Waals surface area contributed by atoms with E-state index in [1.165, 1.54) is 0 Å². The fourth-order valence-corrected chi connectivity index (χ4v) is 4.47. The fraction of sp³-hybridized carbons (Fsp3) is 0.200. The molecule has 1 unspecified atom stereocenters. The van der Waals surface area contributed by atoms with E-state index in [4.69, 9.17) is 0 Å². The minimum absolute atomic E-state index is 0.202. The zero-order chi connectivity index (χ0) is 18.7. The summed E-state index contributed by atoms with van der Waals surface area (Å²) in [6.07, 6.45) is 0. The van der Waals surface area contributed by atoms with E-state index >= 15 is 0 Å². The van der Waals surface area contributed by atoms with Gasteiger partial charge in [-0.25, -0.2) is 13.1 Å². The van der Waals surface area contributed by atoms with E-state index in [0.29, 0.717) is 10.9 Å². The number of fused-ring (bicyclic) bond motifs is 1. The monoisotopic (exact) mass is 370 g/mol. The van der Waals surface area contributed by atoms with Crippen molar-refractivity contribution >= 4 is 26.5 Å². The number of aliphatic hydroxyl groups is 1. The second-order valence-corrected chi connectivity index (χ2v) is 7.97. The van der Waals surface area contributed by atoms with Crippen LogP contribution in [0.25, 0.3) is 10.8 Å². The molecule has 0 saturated carbocycles. The molecule has 2 N–H and O–H groups in total. The Labute approximate surface area is 153 Å². The first-order chi connectivity index (χ1) is 12.4. The molecule has 0 radical (unpaired) electrons. The highest BCUT2D eigenvalue weighted by Crippen LogP contribution is 2.30. The van der Waals surface area contributed by atoms with Crippen molar-refractivity contribution in [2.75, 3.05) is 25.6 Å². The maximum absolute atomic E-state index is 13.0. The number of aliphatic hydroxyl groups excluding tert-OH is 1. The first kappa shape index (κ1) is 18.4. The minimum Gasteiger partial charge on any atom is -0.394 e. The predicted molar refractivity (Wildman–Crippen MR) is 105 cm³/mol. The third kappa shape index (κ3) is 3.58. The molecule has 0 aliphatic heterocycles. The van der Waals surface area contributed by atoms with Crippen molar-refractivity contribution in [1.82, 2.24) is 4.72 Å². The second kappa shape index (κ2) is 7.45. The van der Waals surface area contributed by atoms with Crippen molar-refractivity contribution in [3.63, 3.8) is 0 Å². The Morgan fingerprint density at radius 2 is 1.58 bits per heavy atom. The van der Waals surface area contributed by atoms with Gasteiger partial charge in [0.2, 0.25) is 10.0 Å². The summed E-state index contributed by atoms with van der Waals surface area (Å²) in [5.74, 6) is 0. The number of rotatable bonds is 6. The summed E-state index contributed by atoms with van der Waals surface area (Å²) in [6.45, 7) is -0.322. The van der Waals surface area contributed by atoms with Gasteiger partial charge >= 0.3 is 0 Å². The molecule has 0 fully saturated rings. The van der Waals surface area contributed by atoms with Crippen molar-refractivity contribution in [2.45, 2.75) is 10.9 Å². The first-order valence-corrected chi connectivity index (χ1v) is 9.79. The van der Waals surface area contributed by atoms with Crippen LogP contribution in [-0.2, 0) is 10.0 Å². The molecule has 5 nitrogen and oxygen atoms in total. The molecule has 0 heterocycles. The molecule has 1 atom stereocenters. The Morgan fingerprint density at radius 1 is 0.923 bits per heavy atom. The van der Waals surface area contributed by atoms with E-state index in [1.807, 2.05) is 55.4 Å². The van der Waals surface area contributed by atoms with Gasteiger partial charge in [0.1, 0.15) is 0 Å². The molecule has 0 saturated heterocycles. The summed E-state index contributed by atoms with van der Waals surface area (Å²) in [6, 6.07) is 19.2. The van der Waals surface area contributed by atoms with Gasteiger partial charge in [-0.1, -0.05) is 54.6 Å². The van der Waals surface area contributed by atoms with Crippen LogP contribution < -0.4 is 9.62 Å². The van der Waals surface area contributed by atoms with E-state index in [0.717, 1.165) is 11.1 Å². The van der Waals surface area contributed by atoms with Crippen molar-refractivity contribution in [3.8, 4) is 0 Å². The van der Waals surface area contributed by atoms with Gasteiger partial charge in [-0.15, -0.1) is 0 Å². The van der Waals surface area contributed by atoms with Crippen LogP contribution in [0.3, 0.4) is 0 Å². The number of hydrogen-bond donors (Lipinski definition) is 2. The van der Waals surface area contributed by atoms with Crippen LogP contribution in [0.2, 0.25) is 0 Å². The molecule has 3 aromatic rings. The Hall–Kier alpha value is -2.41. The number of sulfonamides is 1. The molecule has 0 aliphatic rings. The lowest BCUT2D eigenvalue weighted by molar-refractivity contribution is 0.259. The van der Waals surface area contributed by atoms with Gasteiger partial charge in [-0.3, -0.25) is 0 Å². The summed E-state index contributed by atoms with van der Waals surface area (Å²) in [5.41, 5.74) is 1.66. The largest absolute Gasteiger partial charge is 0.394 e. The molecule has 6 heteroatoms. The molecule has 3 rings (SSSR count). The first-order valence-electron chi connectivity index (χ1n) is 8.31. The third-order valence-electron chi connectivity index (χ3n) is 4.31. The lowest BCUT2D eigenvalue weighted by Crippen LogP contribution is -2.31. The molecule has 0 aliphatic carbocycles. The van der Waals surface area contributed by atoms with Crippen LogP contribution in [0.15, 0.2) is 71.6 Å². The lowest BCUT2D eigenvalue weighted by Gasteiger charge is -2.19. The normalized spacial score (nSPS) is 12.9. The lowest BCUT2D eigenvalue weighted by atomic mass is 10.1. The average Bonchev–Trinajstić information content (AvgIpc) is 2.65. The molecule has 26 heavy (non-hydrogen) atoms. The number of hydrogen-bond acceptors (Lipinski definition) is 4. The van der Waals surface area contributed by atoms with Crippen molar-refractivity contribution < 1.29 is 13.5 Å². The van der Waals surface area contributed by atoms with Crippen LogP contribution >= 0.6 is 0 Å². The van der Waals surface area contributed by atoms with E-state index in [9.17, 15) is 13.5 Å². The molecule has 0 aromatic heterocycles. The molecule has 0 bridgehead atoms. The van der Waals surface area contributed by atoms with Crippen molar-refractivity contribution in [2.24, 2.45) is 0 Å². The molecular formula is C20H22N2O3S. The molecule has 0 spiro atoms. The maximum Gasteiger partial charge on any atom is 0.241 e. The van der Waals surface area contributed by atoms with Gasteiger partial charge in [0.05, 0.1) is 17.5 Å². The summed E-state index contributed by atoms with van der Waals surface area (Å²) < 4.78 is 28.7. The Morgan fingerprint density at radius 3 is 2.23 bits per heavy atom. The Kier molecular flexibility index (Phi) is 5.27. The van der Waals surface area contributed by atoms with Crippen LogP contribution in [0.5, 0.6) is 0 Å². The molecule has 136 valence electrons. The molecular weight excluding hydrogens is 348 g/mol. The number of benzene rings is 3. The van der Waals surface area contributed by atoms with Gasteiger partial charge < -0.3 is 10.0 Å². The van der Waals surface area contributed by atoms with Crippen molar-refractivity contribution in [3.05, 3.63) is 72.3 Å². The minimum atomic E-state index is -3.82. The highest BCUT2D eigenvalue weighted by Gasteiger charge is 2.23. The number of nitrogens with one attached hydrogen (secondary N) is 1. The smallest absolute Gasteiger partial charge is 0.241 e. The van der Waals surface area contributed by atoms with E-state index in [1.54, 1.807) is 30.3 Å². The Balaban J connectivity index is 2.06. The number of nitrogens with zero attached hydrogens (tertiary/aromatic N) is 1. The zero-order valence-corrected chi connectivity index (χ0v) is 15.6. The van der Waals surface area contributed by atoms with Crippen LogP contribution in [0.1, 0.15) is 11.6 Å². The standard InChI is InChI=1S/C20H22N2O3S/c1-22(2)19-12-6-11-17-16(19)10-7-13-20(17)26(24,25)21-18(14-23)15-8-4-3-5-9-15/h3-13,18,21,23H,14H2,1-2H3. The van der Waals surface area contributed by atoms with Gasteiger partial charge in [0.25, 0.3) is 0 Å². The van der Waals surface area contributed by atoms with Gasteiger partial charge in [-0.2, -0.15) is 0 Å².